The van der Waals surface area contributed by atoms with Gasteiger partial charge in [0.15, 0.2) is 0 Å². The van der Waals surface area contributed by atoms with E-state index < -0.39 is 6.04 Å². The molecule has 0 spiro atoms. The molecule has 3 N–H and O–H groups in total. The molecule has 0 aliphatic carbocycles. The van der Waals surface area contributed by atoms with E-state index >= 15 is 0 Å². The van der Waals surface area contributed by atoms with E-state index in [2.05, 4.69) is 62.1 Å². The van der Waals surface area contributed by atoms with Gasteiger partial charge in [0.05, 0.1) is 5.69 Å². The van der Waals surface area contributed by atoms with Gasteiger partial charge in [0.2, 0.25) is 5.95 Å². The molecule has 8 heteroatoms. The average molecular weight is 456 g/mol. The molecule has 0 bridgehead atoms. The lowest BCUT2D eigenvalue weighted by molar-refractivity contribution is -0.109. The number of likely N-dealkylation sites (tertiary alicyclic amines) is 1. The van der Waals surface area contributed by atoms with Crippen LogP contribution < -0.4 is 16.0 Å². The van der Waals surface area contributed by atoms with E-state index in [0.717, 1.165) is 47.4 Å². The van der Waals surface area contributed by atoms with Gasteiger partial charge < -0.3 is 25.6 Å². The Balaban J connectivity index is 1.47. The number of carbonyl (C=O) groups excluding carboxylic acids is 1. The van der Waals surface area contributed by atoms with Crippen molar-refractivity contribution in [1.29, 1.82) is 0 Å². The number of fused-ring (bicyclic) bond motifs is 1. The van der Waals surface area contributed by atoms with Crippen molar-refractivity contribution >= 4 is 29.8 Å². The number of piperidine rings is 1. The number of pyridine rings is 1. The Morgan fingerprint density at radius 1 is 1.12 bits per heavy atom. The van der Waals surface area contributed by atoms with Crippen LogP contribution in [0.1, 0.15) is 41.5 Å². The summed E-state index contributed by atoms with van der Waals surface area (Å²) < 4.78 is 0. The monoisotopic (exact) mass is 455 g/mol. The zero-order valence-corrected chi connectivity index (χ0v) is 19.5. The van der Waals surface area contributed by atoms with Crippen molar-refractivity contribution in [1.82, 2.24) is 25.2 Å². The van der Waals surface area contributed by atoms with E-state index in [1.807, 2.05) is 12.1 Å². The molecular formula is C26H29N7O. The molecule has 174 valence electrons. The highest BCUT2D eigenvalue weighted by Crippen LogP contribution is 2.34. The number of carbonyl (C=O) groups is 1. The number of anilines is 3. The van der Waals surface area contributed by atoms with E-state index in [1.54, 1.807) is 25.6 Å². The zero-order chi connectivity index (χ0) is 23.5. The van der Waals surface area contributed by atoms with E-state index in [4.69, 9.17) is 4.98 Å². The summed E-state index contributed by atoms with van der Waals surface area (Å²) in [5.41, 5.74) is 5.61. The number of nitrogens with zero attached hydrogens (tertiary/aromatic N) is 4. The summed E-state index contributed by atoms with van der Waals surface area (Å²) in [6.07, 6.45) is 10.5. The van der Waals surface area contributed by atoms with Crippen molar-refractivity contribution in [3.05, 3.63) is 65.6 Å². The van der Waals surface area contributed by atoms with Gasteiger partial charge in [0.25, 0.3) is 0 Å². The Bertz CT molecular complexity index is 1180. The molecule has 1 saturated heterocycles. The largest absolute Gasteiger partial charge is 0.378 e. The molecule has 0 amide bonds. The molecular weight excluding hydrogens is 426 g/mol. The molecule has 3 aromatic rings. The van der Waals surface area contributed by atoms with Crippen LogP contribution >= 0.6 is 0 Å². The number of nitrogens with one attached hydrogen (secondary N) is 3. The minimum Gasteiger partial charge on any atom is -0.378 e. The molecule has 1 fully saturated rings. The third kappa shape index (κ3) is 4.49. The van der Waals surface area contributed by atoms with E-state index in [9.17, 15) is 4.79 Å². The molecule has 2 aromatic heterocycles. The molecule has 5 rings (SSSR count). The molecule has 2 aliphatic heterocycles. The summed E-state index contributed by atoms with van der Waals surface area (Å²) >= 11 is 0. The number of aromatic nitrogens is 3. The van der Waals surface area contributed by atoms with E-state index in [0.29, 0.717) is 17.7 Å². The second-order valence-electron chi connectivity index (χ2n) is 8.84. The van der Waals surface area contributed by atoms with Crippen LogP contribution in [0, 0.1) is 0 Å². The molecule has 0 saturated carbocycles. The van der Waals surface area contributed by atoms with Gasteiger partial charge in [-0.05, 0) is 80.5 Å². The number of aldehydes is 1. The third-order valence-electron chi connectivity index (χ3n) is 6.61. The highest BCUT2D eigenvalue weighted by atomic mass is 16.1. The van der Waals surface area contributed by atoms with Gasteiger partial charge in [0.1, 0.15) is 18.1 Å². The van der Waals surface area contributed by atoms with Gasteiger partial charge in [-0.1, -0.05) is 12.1 Å². The first-order chi connectivity index (χ1) is 16.6. The first-order valence-electron chi connectivity index (χ1n) is 11.6. The number of benzene rings is 1. The Morgan fingerprint density at radius 3 is 2.53 bits per heavy atom. The number of rotatable bonds is 6. The lowest BCUT2D eigenvalue weighted by Gasteiger charge is -2.29. The SMILES string of the molecule is CNc1ncc(-c2cc3c(c(Nc4ccc(C5CCN(C)CC5)cc4)n2)C(C=O)NC=C3)cn1. The van der Waals surface area contributed by atoms with E-state index in [1.165, 1.54) is 18.4 Å². The standard InChI is InChI=1S/C26H29N7O/c1-27-26-29-14-20(15-30-26)22-13-19-7-10-28-23(16-34)24(19)25(32-22)31-21-5-3-17(4-6-21)18-8-11-33(2)12-9-18/h3-7,10,13-16,18,23,28H,8-9,11-12H2,1-2H3,(H,31,32)(H,27,29,30). The van der Waals surface area contributed by atoms with Crippen LogP contribution in [-0.2, 0) is 4.79 Å². The fourth-order valence-corrected chi connectivity index (χ4v) is 4.62. The topological polar surface area (TPSA) is 95.1 Å². The first kappa shape index (κ1) is 22.0. The van der Waals surface area contributed by atoms with Gasteiger partial charge in [0, 0.05) is 36.3 Å². The molecule has 8 nitrogen and oxygen atoms in total. The number of hydrogen-bond acceptors (Lipinski definition) is 8. The maximum Gasteiger partial charge on any atom is 0.222 e. The van der Waals surface area contributed by atoms with E-state index in [-0.39, 0.29) is 0 Å². The summed E-state index contributed by atoms with van der Waals surface area (Å²) in [5, 5.41) is 9.50. The first-order valence-corrected chi connectivity index (χ1v) is 11.6. The Morgan fingerprint density at radius 2 is 1.85 bits per heavy atom. The second-order valence-corrected chi connectivity index (χ2v) is 8.84. The molecule has 2 aliphatic rings. The Kier molecular flexibility index (Phi) is 6.22. The molecule has 1 aromatic carbocycles. The fraction of sp³-hybridized carbons (Fsp3) is 0.308. The van der Waals surface area contributed by atoms with Crippen molar-refractivity contribution < 1.29 is 4.79 Å². The molecule has 4 heterocycles. The van der Waals surface area contributed by atoms with Gasteiger partial charge in [-0.2, -0.15) is 0 Å². The van der Waals surface area contributed by atoms with Crippen molar-refractivity contribution in [2.45, 2.75) is 24.8 Å². The van der Waals surface area contributed by atoms with Crippen LogP contribution in [0.5, 0.6) is 0 Å². The molecule has 34 heavy (non-hydrogen) atoms. The average Bonchev–Trinajstić information content (AvgIpc) is 2.89. The van der Waals surface area contributed by atoms with Crippen molar-refractivity contribution in [2.75, 3.05) is 37.8 Å². The lowest BCUT2D eigenvalue weighted by Crippen LogP contribution is -2.29. The minimum absolute atomic E-state index is 0.467. The Hall–Kier alpha value is -3.78. The lowest BCUT2D eigenvalue weighted by atomic mass is 9.89. The highest BCUT2D eigenvalue weighted by molar-refractivity contribution is 5.79. The highest BCUT2D eigenvalue weighted by Gasteiger charge is 2.23. The quantitative estimate of drug-likeness (QED) is 0.481. The molecule has 1 atom stereocenters. The normalized spacial score (nSPS) is 18.1. The van der Waals surface area contributed by atoms with Crippen molar-refractivity contribution in [2.24, 2.45) is 0 Å². The molecule has 0 radical (unpaired) electrons. The number of hydrogen-bond donors (Lipinski definition) is 3. The third-order valence-corrected chi connectivity index (χ3v) is 6.61. The molecule has 1 unspecified atom stereocenters. The van der Waals surface area contributed by atoms with Crippen LogP contribution in [0.3, 0.4) is 0 Å². The smallest absolute Gasteiger partial charge is 0.222 e. The maximum atomic E-state index is 11.8. The van der Waals surface area contributed by atoms with Crippen LogP contribution in [0.25, 0.3) is 17.3 Å². The Labute approximate surface area is 199 Å². The summed E-state index contributed by atoms with van der Waals surface area (Å²) in [5.74, 6) is 1.80. The predicted molar refractivity (Wildman–Crippen MR) is 135 cm³/mol. The van der Waals surface area contributed by atoms with Crippen LogP contribution in [0.15, 0.2) is 48.9 Å². The van der Waals surface area contributed by atoms with Crippen LogP contribution in [0.2, 0.25) is 0 Å². The second kappa shape index (κ2) is 9.61. The summed E-state index contributed by atoms with van der Waals surface area (Å²) in [6, 6.07) is 10.1. The maximum absolute atomic E-state index is 11.8. The predicted octanol–water partition coefficient (Wildman–Crippen LogP) is 3.95. The van der Waals surface area contributed by atoms with Crippen molar-refractivity contribution in [3.8, 4) is 11.3 Å². The summed E-state index contributed by atoms with van der Waals surface area (Å²) in [6.45, 7) is 2.28. The van der Waals surface area contributed by atoms with Crippen LogP contribution in [0.4, 0.5) is 17.5 Å². The fourth-order valence-electron chi connectivity index (χ4n) is 4.62. The van der Waals surface area contributed by atoms with Gasteiger partial charge in [-0.3, -0.25) is 0 Å². The van der Waals surface area contributed by atoms with Crippen LogP contribution in [-0.4, -0.2) is 53.3 Å². The van der Waals surface area contributed by atoms with Gasteiger partial charge in [-0.25, -0.2) is 15.0 Å². The van der Waals surface area contributed by atoms with Gasteiger partial charge >= 0.3 is 0 Å². The summed E-state index contributed by atoms with van der Waals surface area (Å²) in [4.78, 5) is 27.7. The van der Waals surface area contributed by atoms with Crippen molar-refractivity contribution in [3.63, 3.8) is 0 Å². The minimum atomic E-state index is -0.467. The van der Waals surface area contributed by atoms with Gasteiger partial charge in [-0.15, -0.1) is 0 Å². The zero-order valence-electron chi connectivity index (χ0n) is 19.5. The summed E-state index contributed by atoms with van der Waals surface area (Å²) in [7, 11) is 3.96.